The minimum atomic E-state index is -2.07. The average Bonchev–Trinajstić information content (AvgIpc) is 1.90. The Morgan fingerprint density at radius 2 is 2.56 bits per heavy atom. The summed E-state index contributed by atoms with van der Waals surface area (Å²) < 4.78 is 21.7. The van der Waals surface area contributed by atoms with Gasteiger partial charge in [0.15, 0.2) is 0 Å². The Morgan fingerprint density at radius 3 is 2.89 bits per heavy atom. The van der Waals surface area contributed by atoms with E-state index in [0.717, 1.165) is 5.75 Å². The summed E-state index contributed by atoms with van der Waals surface area (Å²) in [7, 11) is 0. The molecular formula is C4H6NO2S2-. The summed E-state index contributed by atoms with van der Waals surface area (Å²) in [6.45, 7) is 0.595. The van der Waals surface area contributed by atoms with Crippen molar-refractivity contribution in [2.45, 2.75) is 0 Å². The van der Waals surface area contributed by atoms with Gasteiger partial charge in [0.1, 0.15) is 0 Å². The fourth-order valence-electron chi connectivity index (χ4n) is 0.520. The lowest BCUT2D eigenvalue weighted by Crippen LogP contribution is -2.23. The van der Waals surface area contributed by atoms with Crippen LogP contribution in [0.4, 0.5) is 0 Å². The van der Waals surface area contributed by atoms with Crippen LogP contribution in [-0.4, -0.2) is 25.4 Å². The van der Waals surface area contributed by atoms with Crippen molar-refractivity contribution < 1.29 is 8.76 Å². The lowest BCUT2D eigenvalue weighted by Gasteiger charge is -2.23. The zero-order valence-electron chi connectivity index (χ0n) is 4.65. The lowest BCUT2D eigenvalue weighted by molar-refractivity contribution is 0.465. The molecule has 0 aliphatic carbocycles. The second-order valence-electron chi connectivity index (χ2n) is 1.51. The second kappa shape index (κ2) is 3.24. The Hall–Kier alpha value is -0.000000000000000111. The third-order valence-corrected chi connectivity index (χ3v) is 2.36. The largest absolute Gasteiger partial charge is 0.755 e. The summed E-state index contributed by atoms with van der Waals surface area (Å²) >= 11 is -0.448. The van der Waals surface area contributed by atoms with Gasteiger partial charge in [0.05, 0.1) is 0 Å². The highest BCUT2D eigenvalue weighted by Crippen LogP contribution is 2.10. The van der Waals surface area contributed by atoms with Gasteiger partial charge in [-0.05, 0) is 5.41 Å². The molecule has 1 atom stereocenters. The van der Waals surface area contributed by atoms with Crippen molar-refractivity contribution in [1.82, 2.24) is 4.31 Å². The molecule has 9 heavy (non-hydrogen) atoms. The van der Waals surface area contributed by atoms with Crippen molar-refractivity contribution in [2.24, 2.45) is 0 Å². The van der Waals surface area contributed by atoms with Crippen molar-refractivity contribution in [2.75, 3.05) is 12.3 Å². The monoisotopic (exact) mass is 164 g/mol. The van der Waals surface area contributed by atoms with Gasteiger partial charge >= 0.3 is 0 Å². The molecule has 0 saturated carbocycles. The van der Waals surface area contributed by atoms with E-state index in [0.29, 0.717) is 6.54 Å². The summed E-state index contributed by atoms with van der Waals surface area (Å²) in [5, 5.41) is 1.78. The molecule has 0 aromatic rings. The van der Waals surface area contributed by atoms with Gasteiger partial charge < -0.3 is 8.86 Å². The van der Waals surface area contributed by atoms with E-state index in [1.807, 2.05) is 0 Å². The molecule has 0 radical (unpaired) electrons. The van der Waals surface area contributed by atoms with Gasteiger partial charge in [0, 0.05) is 29.8 Å². The zero-order chi connectivity index (χ0) is 6.69. The van der Waals surface area contributed by atoms with Crippen LogP contribution in [0.1, 0.15) is 0 Å². The molecule has 1 aliphatic heterocycles. The van der Waals surface area contributed by atoms with E-state index in [4.69, 9.17) is 0 Å². The minimum absolute atomic E-state index is 0.595. The summed E-state index contributed by atoms with van der Waals surface area (Å²) in [5.74, 6) is 0.852. The van der Waals surface area contributed by atoms with Crippen LogP contribution in [0.25, 0.3) is 0 Å². The molecular weight excluding hydrogens is 158 g/mol. The molecule has 52 valence electrons. The lowest BCUT2D eigenvalue weighted by atomic mass is 10.7. The van der Waals surface area contributed by atoms with Crippen LogP contribution < -0.4 is 0 Å². The standard InChI is InChI=1S/C4H7NO2S2/c6-9(7)5-1-3-8-4-2-5/h1,3H,2,4H2,(H,6,7)/p-1. The van der Waals surface area contributed by atoms with Crippen LogP contribution in [0.15, 0.2) is 11.6 Å². The number of thioether (sulfide) groups is 1. The normalized spacial score (nSPS) is 22.1. The van der Waals surface area contributed by atoms with Crippen LogP contribution in [0.5, 0.6) is 0 Å². The molecule has 0 saturated heterocycles. The Labute approximate surface area is 60.5 Å². The van der Waals surface area contributed by atoms with E-state index in [2.05, 4.69) is 0 Å². The van der Waals surface area contributed by atoms with Gasteiger partial charge in [-0.1, -0.05) is 0 Å². The van der Waals surface area contributed by atoms with Crippen molar-refractivity contribution >= 4 is 23.0 Å². The molecule has 0 N–H and O–H groups in total. The van der Waals surface area contributed by atoms with Gasteiger partial charge in [-0.2, -0.15) is 0 Å². The molecule has 5 heteroatoms. The fourth-order valence-corrected chi connectivity index (χ4v) is 1.78. The van der Waals surface area contributed by atoms with Crippen LogP contribution in [0, 0.1) is 0 Å². The molecule has 0 spiro atoms. The van der Waals surface area contributed by atoms with E-state index < -0.39 is 11.3 Å². The SMILES string of the molecule is O=S([O-])N1C=CSCC1. The quantitative estimate of drug-likeness (QED) is 0.523. The molecule has 0 bridgehead atoms. The molecule has 0 fully saturated rings. The third-order valence-electron chi connectivity index (χ3n) is 0.944. The van der Waals surface area contributed by atoms with Crippen molar-refractivity contribution in [1.29, 1.82) is 0 Å². The van der Waals surface area contributed by atoms with Crippen LogP contribution in [-0.2, 0) is 11.3 Å². The zero-order valence-corrected chi connectivity index (χ0v) is 6.28. The summed E-state index contributed by atoms with van der Waals surface area (Å²) in [6, 6.07) is 0. The van der Waals surface area contributed by atoms with Gasteiger partial charge in [-0.25, -0.2) is 0 Å². The number of hydrogen-bond donors (Lipinski definition) is 0. The van der Waals surface area contributed by atoms with Crippen molar-refractivity contribution in [3.63, 3.8) is 0 Å². The van der Waals surface area contributed by atoms with Crippen LogP contribution >= 0.6 is 11.8 Å². The highest BCUT2D eigenvalue weighted by molar-refractivity contribution is 8.02. The fraction of sp³-hybridized carbons (Fsp3) is 0.500. The number of rotatable bonds is 1. The Balaban J connectivity index is 2.50. The number of nitrogens with zero attached hydrogens (tertiary/aromatic N) is 1. The summed E-state index contributed by atoms with van der Waals surface area (Å²) in [6.07, 6.45) is 1.57. The smallest absolute Gasteiger partial charge is 0.0470 e. The summed E-state index contributed by atoms with van der Waals surface area (Å²) in [5.41, 5.74) is 0. The average molecular weight is 164 g/mol. The Morgan fingerprint density at radius 1 is 1.78 bits per heavy atom. The third kappa shape index (κ3) is 2.00. The highest BCUT2D eigenvalue weighted by atomic mass is 32.2. The first-order chi connectivity index (χ1) is 4.30. The predicted octanol–water partition coefficient (Wildman–Crippen LogP) is 0.301. The molecule has 0 aromatic heterocycles. The maximum absolute atomic E-state index is 10.2. The van der Waals surface area contributed by atoms with E-state index in [1.54, 1.807) is 23.4 Å². The second-order valence-corrected chi connectivity index (χ2v) is 3.43. The van der Waals surface area contributed by atoms with E-state index in [-0.39, 0.29) is 0 Å². The molecule has 1 heterocycles. The molecule has 1 aliphatic rings. The molecule has 0 aromatic carbocycles. The molecule has 0 amide bonds. The minimum Gasteiger partial charge on any atom is -0.755 e. The Bertz CT molecular complexity index is 148. The van der Waals surface area contributed by atoms with Crippen molar-refractivity contribution in [3.8, 4) is 0 Å². The first-order valence-corrected chi connectivity index (χ1v) is 4.53. The topological polar surface area (TPSA) is 43.4 Å². The number of hydrogen-bond acceptors (Lipinski definition) is 3. The van der Waals surface area contributed by atoms with Gasteiger partial charge in [-0.15, -0.1) is 11.8 Å². The molecule has 3 nitrogen and oxygen atoms in total. The van der Waals surface area contributed by atoms with Crippen LogP contribution in [0.2, 0.25) is 0 Å². The predicted molar refractivity (Wildman–Crippen MR) is 37.2 cm³/mol. The molecule has 1 rings (SSSR count). The van der Waals surface area contributed by atoms with Gasteiger partial charge in [-0.3, -0.25) is 4.21 Å². The molecule has 1 unspecified atom stereocenters. The van der Waals surface area contributed by atoms with E-state index in [9.17, 15) is 8.76 Å². The maximum atomic E-state index is 10.2. The first kappa shape index (κ1) is 7.11. The maximum Gasteiger partial charge on any atom is 0.0470 e. The Kier molecular flexibility index (Phi) is 2.56. The van der Waals surface area contributed by atoms with Crippen LogP contribution in [0.3, 0.4) is 0 Å². The first-order valence-electron chi connectivity index (χ1n) is 2.45. The van der Waals surface area contributed by atoms with Gasteiger partial charge in [0.25, 0.3) is 0 Å². The van der Waals surface area contributed by atoms with E-state index in [1.165, 1.54) is 4.31 Å². The van der Waals surface area contributed by atoms with Gasteiger partial charge in [0.2, 0.25) is 0 Å². The highest BCUT2D eigenvalue weighted by Gasteiger charge is 2.01. The van der Waals surface area contributed by atoms with Crippen molar-refractivity contribution in [3.05, 3.63) is 11.6 Å². The summed E-state index contributed by atoms with van der Waals surface area (Å²) in [4.78, 5) is 0. The van der Waals surface area contributed by atoms with E-state index >= 15 is 0 Å².